The number of benzene rings is 1. The van der Waals surface area contributed by atoms with Crippen molar-refractivity contribution < 1.29 is 4.79 Å². The van der Waals surface area contributed by atoms with Gasteiger partial charge in [0.1, 0.15) is 5.41 Å². The number of amides is 1. The number of rotatable bonds is 2. The van der Waals surface area contributed by atoms with Crippen LogP contribution in [0.1, 0.15) is 25.8 Å². The minimum atomic E-state index is -0.450. The predicted octanol–water partition coefficient (Wildman–Crippen LogP) is 2.06. The van der Waals surface area contributed by atoms with Crippen LogP contribution in [0, 0.1) is 5.41 Å². The standard InChI is InChI=1S/C14H17N3O.C2H6/c1-17-13(18)14(9-11-5-3-2-4-6-11)10-15-8-7-12(14)16-17;1-2/h2-6,15H,7-10H2,1H3;1-2H3. The zero-order chi connectivity index (χ0) is 14.6. The first-order valence-corrected chi connectivity index (χ1v) is 7.33. The highest BCUT2D eigenvalue weighted by Crippen LogP contribution is 2.35. The first-order chi connectivity index (χ1) is 9.72. The van der Waals surface area contributed by atoms with Crippen LogP contribution in [0.5, 0.6) is 0 Å². The van der Waals surface area contributed by atoms with Crippen LogP contribution in [0.25, 0.3) is 0 Å². The third-order valence-electron chi connectivity index (χ3n) is 3.84. The molecule has 1 atom stereocenters. The second-order valence-corrected chi connectivity index (χ2v) is 5.05. The summed E-state index contributed by atoms with van der Waals surface area (Å²) in [6.07, 6.45) is 1.60. The summed E-state index contributed by atoms with van der Waals surface area (Å²) in [6.45, 7) is 5.61. The van der Waals surface area contributed by atoms with Crippen molar-refractivity contribution in [2.75, 3.05) is 20.1 Å². The molecule has 1 N–H and O–H groups in total. The van der Waals surface area contributed by atoms with E-state index in [1.54, 1.807) is 7.05 Å². The fourth-order valence-electron chi connectivity index (χ4n) is 2.92. The minimum absolute atomic E-state index is 0.119. The minimum Gasteiger partial charge on any atom is -0.315 e. The van der Waals surface area contributed by atoms with E-state index >= 15 is 0 Å². The molecule has 0 bridgehead atoms. The number of fused-ring (bicyclic) bond motifs is 1. The molecule has 1 aromatic carbocycles. The largest absolute Gasteiger partial charge is 0.315 e. The van der Waals surface area contributed by atoms with Gasteiger partial charge in [-0.3, -0.25) is 4.79 Å². The topological polar surface area (TPSA) is 44.7 Å². The molecule has 4 heteroatoms. The van der Waals surface area contributed by atoms with E-state index in [1.807, 2.05) is 32.0 Å². The molecule has 2 aliphatic heterocycles. The van der Waals surface area contributed by atoms with E-state index in [2.05, 4.69) is 22.6 Å². The number of nitrogens with one attached hydrogen (secondary N) is 1. The molecule has 1 aromatic rings. The summed E-state index contributed by atoms with van der Waals surface area (Å²) >= 11 is 0. The molecule has 1 saturated heterocycles. The average Bonchev–Trinajstić information content (AvgIpc) is 2.75. The Bertz CT molecular complexity index is 498. The van der Waals surface area contributed by atoms with E-state index in [-0.39, 0.29) is 5.91 Å². The van der Waals surface area contributed by atoms with Crippen LogP contribution in [-0.4, -0.2) is 36.8 Å². The highest BCUT2D eigenvalue weighted by molar-refractivity contribution is 6.13. The monoisotopic (exact) mass is 273 g/mol. The van der Waals surface area contributed by atoms with Crippen LogP contribution in [0.3, 0.4) is 0 Å². The molecular formula is C16H23N3O. The van der Waals surface area contributed by atoms with E-state index in [1.165, 1.54) is 10.6 Å². The van der Waals surface area contributed by atoms with Crippen LogP contribution in [0.2, 0.25) is 0 Å². The Labute approximate surface area is 120 Å². The molecule has 0 spiro atoms. The molecule has 4 nitrogen and oxygen atoms in total. The summed E-state index contributed by atoms with van der Waals surface area (Å²) in [5.41, 5.74) is 1.78. The van der Waals surface area contributed by atoms with Gasteiger partial charge in [0.25, 0.3) is 5.91 Å². The van der Waals surface area contributed by atoms with Crippen LogP contribution in [0.4, 0.5) is 0 Å². The summed E-state index contributed by atoms with van der Waals surface area (Å²) < 4.78 is 0. The van der Waals surface area contributed by atoms with Gasteiger partial charge < -0.3 is 5.32 Å². The van der Waals surface area contributed by atoms with Gasteiger partial charge in [0, 0.05) is 26.6 Å². The maximum absolute atomic E-state index is 12.4. The van der Waals surface area contributed by atoms with Crippen molar-refractivity contribution in [1.29, 1.82) is 0 Å². The Balaban J connectivity index is 0.000000704. The van der Waals surface area contributed by atoms with Gasteiger partial charge in [-0.1, -0.05) is 44.2 Å². The van der Waals surface area contributed by atoms with E-state index < -0.39 is 5.41 Å². The lowest BCUT2D eigenvalue weighted by Gasteiger charge is -2.33. The maximum Gasteiger partial charge on any atom is 0.256 e. The van der Waals surface area contributed by atoms with Crippen molar-refractivity contribution in [1.82, 2.24) is 10.3 Å². The second-order valence-electron chi connectivity index (χ2n) is 5.05. The van der Waals surface area contributed by atoms with E-state index in [9.17, 15) is 4.79 Å². The van der Waals surface area contributed by atoms with Crippen LogP contribution in [0.15, 0.2) is 35.4 Å². The van der Waals surface area contributed by atoms with E-state index in [0.717, 1.165) is 25.1 Å². The Morgan fingerprint density at radius 3 is 2.70 bits per heavy atom. The van der Waals surface area contributed by atoms with Gasteiger partial charge in [0.2, 0.25) is 0 Å². The van der Waals surface area contributed by atoms with Crippen molar-refractivity contribution in [3.8, 4) is 0 Å². The summed E-state index contributed by atoms with van der Waals surface area (Å²) in [4.78, 5) is 12.4. The number of hydrogen-bond donors (Lipinski definition) is 1. The molecule has 108 valence electrons. The van der Waals surface area contributed by atoms with E-state index in [4.69, 9.17) is 0 Å². The number of hydrazone groups is 1. The number of nitrogens with zero attached hydrogens (tertiary/aromatic N) is 2. The fraction of sp³-hybridized carbons (Fsp3) is 0.500. The normalized spacial score (nSPS) is 24.6. The van der Waals surface area contributed by atoms with Gasteiger partial charge in [-0.2, -0.15) is 5.10 Å². The first-order valence-electron chi connectivity index (χ1n) is 7.33. The molecule has 3 rings (SSSR count). The average molecular weight is 273 g/mol. The summed E-state index contributed by atoms with van der Waals surface area (Å²) in [5, 5.41) is 9.27. The lowest BCUT2D eigenvalue weighted by atomic mass is 9.74. The third kappa shape index (κ3) is 2.48. The van der Waals surface area contributed by atoms with Crippen LogP contribution < -0.4 is 5.32 Å². The number of carbonyl (C=O) groups is 1. The predicted molar refractivity (Wildman–Crippen MR) is 81.6 cm³/mol. The molecule has 0 saturated carbocycles. The number of hydrogen-bond acceptors (Lipinski definition) is 3. The molecule has 1 fully saturated rings. The smallest absolute Gasteiger partial charge is 0.256 e. The highest BCUT2D eigenvalue weighted by Gasteiger charge is 2.50. The second kappa shape index (κ2) is 6.18. The van der Waals surface area contributed by atoms with Crippen molar-refractivity contribution in [2.45, 2.75) is 26.7 Å². The van der Waals surface area contributed by atoms with Gasteiger partial charge in [0.15, 0.2) is 0 Å². The Morgan fingerprint density at radius 1 is 1.30 bits per heavy atom. The van der Waals surface area contributed by atoms with Crippen LogP contribution in [-0.2, 0) is 11.2 Å². The van der Waals surface area contributed by atoms with Gasteiger partial charge >= 0.3 is 0 Å². The van der Waals surface area contributed by atoms with Crippen molar-refractivity contribution in [3.63, 3.8) is 0 Å². The maximum atomic E-state index is 12.4. The van der Waals surface area contributed by atoms with Gasteiger partial charge in [-0.05, 0) is 12.0 Å². The first kappa shape index (κ1) is 14.7. The Kier molecular flexibility index (Phi) is 4.55. The fourth-order valence-corrected chi connectivity index (χ4v) is 2.92. The molecular weight excluding hydrogens is 250 g/mol. The SMILES string of the molecule is CC.CN1N=C2CCNCC2(Cc2ccccc2)C1=O. The summed E-state index contributed by atoms with van der Waals surface area (Å²) in [7, 11) is 1.75. The number of carbonyl (C=O) groups excluding carboxylic acids is 1. The lowest BCUT2D eigenvalue weighted by molar-refractivity contribution is -0.134. The molecule has 1 amide bonds. The molecule has 0 aliphatic carbocycles. The molecule has 0 aromatic heterocycles. The summed E-state index contributed by atoms with van der Waals surface area (Å²) in [5.74, 6) is 0.119. The van der Waals surface area contributed by atoms with E-state index in [0.29, 0.717) is 6.54 Å². The highest BCUT2D eigenvalue weighted by atomic mass is 16.2. The van der Waals surface area contributed by atoms with Crippen LogP contribution >= 0.6 is 0 Å². The van der Waals surface area contributed by atoms with Crippen molar-refractivity contribution in [2.24, 2.45) is 10.5 Å². The van der Waals surface area contributed by atoms with Crippen molar-refractivity contribution in [3.05, 3.63) is 35.9 Å². The molecule has 20 heavy (non-hydrogen) atoms. The Hall–Kier alpha value is -1.68. The lowest BCUT2D eigenvalue weighted by Crippen LogP contribution is -2.52. The molecule has 2 heterocycles. The van der Waals surface area contributed by atoms with Gasteiger partial charge in [-0.25, -0.2) is 5.01 Å². The Morgan fingerprint density at radius 2 is 2.00 bits per heavy atom. The molecule has 0 radical (unpaired) electrons. The zero-order valence-corrected chi connectivity index (χ0v) is 12.5. The third-order valence-corrected chi connectivity index (χ3v) is 3.84. The zero-order valence-electron chi connectivity index (χ0n) is 12.5. The summed E-state index contributed by atoms with van der Waals surface area (Å²) in [6, 6.07) is 10.2. The van der Waals surface area contributed by atoms with Crippen molar-refractivity contribution >= 4 is 11.6 Å². The van der Waals surface area contributed by atoms with Gasteiger partial charge in [-0.15, -0.1) is 0 Å². The molecule has 1 unspecified atom stereocenters. The quantitative estimate of drug-likeness (QED) is 0.896. The number of piperidine rings is 1. The van der Waals surface area contributed by atoms with Gasteiger partial charge in [0.05, 0.1) is 5.71 Å². The molecule has 2 aliphatic rings.